The first-order valence-electron chi connectivity index (χ1n) is 5.81. The second kappa shape index (κ2) is 5.72. The van der Waals surface area contributed by atoms with Gasteiger partial charge in [0.25, 0.3) is 5.91 Å². The summed E-state index contributed by atoms with van der Waals surface area (Å²) in [6, 6.07) is 1.80. The van der Waals surface area contributed by atoms with E-state index in [1.807, 2.05) is 20.8 Å². The van der Waals surface area contributed by atoms with Crippen molar-refractivity contribution >= 4 is 5.91 Å². The molecule has 0 aliphatic carbocycles. The van der Waals surface area contributed by atoms with Gasteiger partial charge in [-0.05, 0) is 26.3 Å². The molecule has 1 heterocycles. The third-order valence-electron chi connectivity index (χ3n) is 2.88. The van der Waals surface area contributed by atoms with E-state index in [0.717, 1.165) is 11.4 Å². The molecule has 0 saturated carbocycles. The van der Waals surface area contributed by atoms with E-state index in [1.165, 1.54) is 0 Å². The molecule has 0 aliphatic heterocycles. The van der Waals surface area contributed by atoms with Crippen molar-refractivity contribution in [2.24, 2.45) is 5.73 Å². The number of aromatic nitrogens is 2. The molecule has 0 radical (unpaired) electrons. The number of nitrogens with two attached hydrogens (primary N) is 1. The van der Waals surface area contributed by atoms with Crippen molar-refractivity contribution in [3.63, 3.8) is 0 Å². The number of aryl methyl sites for hydroxylation is 2. The van der Waals surface area contributed by atoms with Gasteiger partial charge in [0.2, 0.25) is 0 Å². The highest BCUT2D eigenvalue weighted by molar-refractivity contribution is 5.95. The van der Waals surface area contributed by atoms with Gasteiger partial charge in [0.1, 0.15) is 0 Å². The summed E-state index contributed by atoms with van der Waals surface area (Å²) >= 11 is 0. The van der Waals surface area contributed by atoms with Gasteiger partial charge in [0.15, 0.2) is 0 Å². The second-order valence-electron chi connectivity index (χ2n) is 4.20. The molecule has 1 rings (SSSR count). The van der Waals surface area contributed by atoms with Crippen LogP contribution in [0.15, 0.2) is 6.07 Å². The summed E-state index contributed by atoms with van der Waals surface area (Å²) < 4.78 is 0. The van der Waals surface area contributed by atoms with Gasteiger partial charge in [-0.25, -0.2) is 0 Å². The lowest BCUT2D eigenvalue weighted by Gasteiger charge is -2.24. The number of rotatable bonds is 4. The quantitative estimate of drug-likeness (QED) is 0.838. The lowest BCUT2D eigenvalue weighted by atomic mass is 10.1. The zero-order valence-corrected chi connectivity index (χ0v) is 10.9. The maximum absolute atomic E-state index is 12.3. The Morgan fingerprint density at radius 3 is 2.71 bits per heavy atom. The van der Waals surface area contributed by atoms with Gasteiger partial charge in [0, 0.05) is 19.6 Å². The molecule has 5 nitrogen and oxygen atoms in total. The highest BCUT2D eigenvalue weighted by atomic mass is 16.2. The third-order valence-corrected chi connectivity index (χ3v) is 2.88. The van der Waals surface area contributed by atoms with Gasteiger partial charge in [-0.1, -0.05) is 6.92 Å². The Balaban J connectivity index is 3.06. The molecule has 0 aromatic carbocycles. The Hall–Kier alpha value is -1.49. The van der Waals surface area contributed by atoms with Crippen LogP contribution >= 0.6 is 0 Å². The van der Waals surface area contributed by atoms with Crippen molar-refractivity contribution in [3.05, 3.63) is 23.0 Å². The molecule has 1 atom stereocenters. The summed E-state index contributed by atoms with van der Waals surface area (Å²) in [4.78, 5) is 13.9. The summed E-state index contributed by atoms with van der Waals surface area (Å²) in [6.07, 6.45) is 0.694. The van der Waals surface area contributed by atoms with E-state index in [1.54, 1.807) is 18.0 Å². The zero-order chi connectivity index (χ0) is 13.0. The summed E-state index contributed by atoms with van der Waals surface area (Å²) in [5.41, 5.74) is 7.68. The highest BCUT2D eigenvalue weighted by Crippen LogP contribution is 2.11. The first-order chi connectivity index (χ1) is 8.01. The average molecular weight is 236 g/mol. The Morgan fingerprint density at radius 2 is 2.18 bits per heavy atom. The molecule has 94 valence electrons. The van der Waals surface area contributed by atoms with Crippen LogP contribution in [-0.4, -0.2) is 40.6 Å². The smallest absolute Gasteiger partial charge is 0.255 e. The van der Waals surface area contributed by atoms with Gasteiger partial charge in [-0.15, -0.1) is 0 Å². The Labute approximate surface area is 102 Å². The average Bonchev–Trinajstić information content (AvgIpc) is 2.35. The minimum absolute atomic E-state index is 0.0145. The number of hydrogen-bond acceptors (Lipinski definition) is 4. The van der Waals surface area contributed by atoms with E-state index in [4.69, 9.17) is 5.73 Å². The van der Waals surface area contributed by atoms with Crippen molar-refractivity contribution in [3.8, 4) is 0 Å². The van der Waals surface area contributed by atoms with Crippen LogP contribution in [0.5, 0.6) is 0 Å². The van der Waals surface area contributed by atoms with Crippen molar-refractivity contribution in [2.75, 3.05) is 13.6 Å². The normalized spacial score (nSPS) is 12.3. The third kappa shape index (κ3) is 3.00. The number of hydrogen-bond donors (Lipinski definition) is 1. The van der Waals surface area contributed by atoms with Crippen LogP contribution in [0.2, 0.25) is 0 Å². The second-order valence-corrected chi connectivity index (χ2v) is 4.20. The first-order valence-corrected chi connectivity index (χ1v) is 5.81. The fourth-order valence-electron chi connectivity index (χ4n) is 1.51. The molecule has 0 spiro atoms. The molecule has 17 heavy (non-hydrogen) atoms. The molecule has 1 aromatic rings. The van der Waals surface area contributed by atoms with Crippen LogP contribution in [0, 0.1) is 6.92 Å². The van der Waals surface area contributed by atoms with Gasteiger partial charge in [0.05, 0.1) is 17.0 Å². The maximum atomic E-state index is 12.3. The summed E-state index contributed by atoms with van der Waals surface area (Å²) in [5.74, 6) is -0.0437. The number of carbonyl (C=O) groups excluding carboxylic acids is 1. The predicted molar refractivity (Wildman–Crippen MR) is 66.8 cm³/mol. The Morgan fingerprint density at radius 1 is 1.53 bits per heavy atom. The van der Waals surface area contributed by atoms with Crippen LogP contribution in [0.4, 0.5) is 0 Å². The Bertz CT molecular complexity index is 405. The van der Waals surface area contributed by atoms with Crippen molar-refractivity contribution in [2.45, 2.75) is 33.2 Å². The van der Waals surface area contributed by atoms with E-state index in [-0.39, 0.29) is 11.9 Å². The Kier molecular flexibility index (Phi) is 4.57. The number of nitrogens with zero attached hydrogens (tertiary/aromatic N) is 3. The molecule has 2 N–H and O–H groups in total. The van der Waals surface area contributed by atoms with E-state index >= 15 is 0 Å². The van der Waals surface area contributed by atoms with E-state index in [0.29, 0.717) is 18.5 Å². The SMILES string of the molecule is CCc1nnc(C)cc1C(=O)N(C)C(C)CN. The molecule has 0 fully saturated rings. The van der Waals surface area contributed by atoms with Crippen molar-refractivity contribution in [1.82, 2.24) is 15.1 Å². The summed E-state index contributed by atoms with van der Waals surface area (Å²) in [6.45, 7) is 6.16. The van der Waals surface area contributed by atoms with Crippen LogP contribution in [0.25, 0.3) is 0 Å². The molecule has 5 heteroatoms. The minimum Gasteiger partial charge on any atom is -0.338 e. The van der Waals surface area contributed by atoms with E-state index < -0.39 is 0 Å². The molecule has 0 aliphatic rings. The van der Waals surface area contributed by atoms with Gasteiger partial charge < -0.3 is 10.6 Å². The van der Waals surface area contributed by atoms with Crippen molar-refractivity contribution < 1.29 is 4.79 Å². The molecular weight excluding hydrogens is 216 g/mol. The lowest BCUT2D eigenvalue weighted by molar-refractivity contribution is 0.0746. The standard InChI is InChI=1S/C12H20N4O/c1-5-11-10(6-8(2)14-15-11)12(17)16(4)9(3)7-13/h6,9H,5,7,13H2,1-4H3. The largest absolute Gasteiger partial charge is 0.338 e. The van der Waals surface area contributed by atoms with Gasteiger partial charge in [-0.3, -0.25) is 4.79 Å². The van der Waals surface area contributed by atoms with E-state index in [9.17, 15) is 4.79 Å². The van der Waals surface area contributed by atoms with Gasteiger partial charge in [-0.2, -0.15) is 10.2 Å². The van der Waals surface area contributed by atoms with Gasteiger partial charge >= 0.3 is 0 Å². The summed E-state index contributed by atoms with van der Waals surface area (Å²) in [7, 11) is 1.76. The van der Waals surface area contributed by atoms with Crippen LogP contribution < -0.4 is 5.73 Å². The number of likely N-dealkylation sites (N-methyl/N-ethyl adjacent to an activating group) is 1. The minimum atomic E-state index is -0.0437. The molecule has 1 amide bonds. The van der Waals surface area contributed by atoms with E-state index in [2.05, 4.69) is 10.2 Å². The number of amides is 1. The fourth-order valence-corrected chi connectivity index (χ4v) is 1.51. The fraction of sp³-hybridized carbons (Fsp3) is 0.583. The molecule has 1 aromatic heterocycles. The molecule has 0 saturated heterocycles. The zero-order valence-electron chi connectivity index (χ0n) is 10.9. The van der Waals surface area contributed by atoms with Crippen LogP contribution in [0.3, 0.4) is 0 Å². The first kappa shape index (κ1) is 13.6. The number of carbonyl (C=O) groups is 1. The predicted octanol–water partition coefficient (Wildman–Crippen LogP) is 0.767. The van der Waals surface area contributed by atoms with Crippen LogP contribution in [-0.2, 0) is 6.42 Å². The molecular formula is C12H20N4O. The lowest BCUT2D eigenvalue weighted by Crippen LogP contribution is -2.40. The monoisotopic (exact) mass is 236 g/mol. The summed E-state index contributed by atoms with van der Waals surface area (Å²) in [5, 5.41) is 8.03. The van der Waals surface area contributed by atoms with Crippen LogP contribution in [0.1, 0.15) is 35.6 Å². The molecule has 1 unspecified atom stereocenters. The topological polar surface area (TPSA) is 72.1 Å². The van der Waals surface area contributed by atoms with Crippen molar-refractivity contribution in [1.29, 1.82) is 0 Å². The molecule has 0 bridgehead atoms. The maximum Gasteiger partial charge on any atom is 0.255 e. The highest BCUT2D eigenvalue weighted by Gasteiger charge is 2.20.